The molecule has 0 saturated carbocycles. The molecular weight excluding hydrogens is 228 g/mol. The molecule has 2 aromatic rings. The van der Waals surface area contributed by atoms with E-state index in [0.29, 0.717) is 25.4 Å². The van der Waals surface area contributed by atoms with Gasteiger partial charge in [-0.1, -0.05) is 6.07 Å². The summed E-state index contributed by atoms with van der Waals surface area (Å²) in [5, 5.41) is 0. The Morgan fingerprint density at radius 2 is 2.33 bits per heavy atom. The quantitative estimate of drug-likeness (QED) is 0.862. The van der Waals surface area contributed by atoms with Crippen molar-refractivity contribution < 1.29 is 4.79 Å². The van der Waals surface area contributed by atoms with Crippen LogP contribution < -0.4 is 5.73 Å². The van der Waals surface area contributed by atoms with Gasteiger partial charge in [-0.25, -0.2) is 4.98 Å². The third-order valence-electron chi connectivity index (χ3n) is 3.45. The Morgan fingerprint density at radius 3 is 3.11 bits per heavy atom. The lowest BCUT2D eigenvalue weighted by atomic mass is 10.1. The molecule has 2 N–H and O–H groups in total. The molecule has 0 radical (unpaired) electrons. The van der Waals surface area contributed by atoms with E-state index in [1.165, 1.54) is 0 Å². The van der Waals surface area contributed by atoms with E-state index in [2.05, 4.69) is 4.98 Å². The fourth-order valence-corrected chi connectivity index (χ4v) is 2.44. The van der Waals surface area contributed by atoms with Crippen molar-refractivity contribution in [1.82, 2.24) is 14.3 Å². The molecule has 1 fully saturated rings. The van der Waals surface area contributed by atoms with Gasteiger partial charge in [0.15, 0.2) is 0 Å². The lowest BCUT2D eigenvalue weighted by molar-refractivity contribution is -0.128. The molecule has 2 aromatic heterocycles. The summed E-state index contributed by atoms with van der Waals surface area (Å²) in [7, 11) is 0. The van der Waals surface area contributed by atoms with Gasteiger partial charge in [0.05, 0.1) is 0 Å². The predicted molar refractivity (Wildman–Crippen MR) is 67.8 cm³/mol. The van der Waals surface area contributed by atoms with Gasteiger partial charge in [-0.2, -0.15) is 0 Å². The number of hydrogen-bond donors (Lipinski definition) is 1. The maximum atomic E-state index is 11.8. The van der Waals surface area contributed by atoms with Gasteiger partial charge in [0.25, 0.3) is 0 Å². The minimum absolute atomic E-state index is 0.205. The van der Waals surface area contributed by atoms with E-state index in [-0.39, 0.29) is 5.91 Å². The first-order valence-corrected chi connectivity index (χ1v) is 6.15. The maximum absolute atomic E-state index is 11.8. The van der Waals surface area contributed by atoms with Gasteiger partial charge in [0.1, 0.15) is 5.65 Å². The number of carbonyl (C=O) groups is 1. The molecular formula is C13H16N4O. The van der Waals surface area contributed by atoms with Crippen molar-refractivity contribution in [3.05, 3.63) is 36.3 Å². The highest BCUT2D eigenvalue weighted by Crippen LogP contribution is 2.19. The number of rotatable bonds is 3. The van der Waals surface area contributed by atoms with Crippen molar-refractivity contribution in [2.24, 2.45) is 11.7 Å². The third kappa shape index (κ3) is 1.97. The van der Waals surface area contributed by atoms with Crippen LogP contribution in [0.3, 0.4) is 0 Å². The normalized spacial score (nSPS) is 19.9. The van der Waals surface area contributed by atoms with Crippen molar-refractivity contribution in [2.45, 2.75) is 13.0 Å². The molecule has 1 unspecified atom stereocenters. The van der Waals surface area contributed by atoms with Crippen LogP contribution in [0, 0.1) is 5.92 Å². The lowest BCUT2D eigenvalue weighted by Crippen LogP contribution is -2.25. The average molecular weight is 244 g/mol. The lowest BCUT2D eigenvalue weighted by Gasteiger charge is -2.16. The molecule has 5 nitrogen and oxygen atoms in total. The highest BCUT2D eigenvalue weighted by molar-refractivity contribution is 5.78. The number of nitrogens with zero attached hydrogens (tertiary/aromatic N) is 3. The number of nitrogens with two attached hydrogens (primary N) is 1. The van der Waals surface area contributed by atoms with E-state index in [1.54, 1.807) is 6.20 Å². The van der Waals surface area contributed by atoms with Gasteiger partial charge in [-0.05, 0) is 24.1 Å². The Bertz CT molecular complexity index is 577. The number of fused-ring (bicyclic) bond motifs is 1. The van der Waals surface area contributed by atoms with E-state index >= 15 is 0 Å². The van der Waals surface area contributed by atoms with E-state index in [4.69, 9.17) is 5.73 Å². The summed E-state index contributed by atoms with van der Waals surface area (Å²) in [6.07, 6.45) is 6.28. The molecule has 94 valence electrons. The summed E-state index contributed by atoms with van der Waals surface area (Å²) in [5.74, 6) is 0.519. The molecule has 1 amide bonds. The zero-order chi connectivity index (χ0) is 12.5. The van der Waals surface area contributed by atoms with Gasteiger partial charge in [-0.15, -0.1) is 0 Å². The number of pyridine rings is 1. The number of aromatic nitrogens is 2. The van der Waals surface area contributed by atoms with Crippen LogP contribution >= 0.6 is 0 Å². The van der Waals surface area contributed by atoms with Crippen molar-refractivity contribution in [3.63, 3.8) is 0 Å². The summed E-state index contributed by atoms with van der Waals surface area (Å²) in [6, 6.07) is 3.99. The molecule has 0 bridgehead atoms. The summed E-state index contributed by atoms with van der Waals surface area (Å²) in [5.41, 5.74) is 7.66. The number of imidazole rings is 1. The molecule has 1 aliphatic heterocycles. The Hall–Kier alpha value is -1.88. The van der Waals surface area contributed by atoms with E-state index in [9.17, 15) is 4.79 Å². The smallest absolute Gasteiger partial charge is 0.223 e. The first-order valence-electron chi connectivity index (χ1n) is 6.15. The fourth-order valence-electron chi connectivity index (χ4n) is 2.44. The molecule has 0 aromatic carbocycles. The standard InChI is InChI=1S/C13H16N4O/c14-6-11-5-13(18)17(9-11)8-10-1-2-12-15-3-4-16(12)7-10/h1-4,7,11H,5-6,8-9,14H2. The van der Waals surface area contributed by atoms with Gasteiger partial charge in [0, 0.05) is 38.1 Å². The highest BCUT2D eigenvalue weighted by Gasteiger charge is 2.28. The largest absolute Gasteiger partial charge is 0.338 e. The third-order valence-corrected chi connectivity index (χ3v) is 3.45. The molecule has 0 aliphatic carbocycles. The first-order chi connectivity index (χ1) is 8.76. The van der Waals surface area contributed by atoms with Crippen LogP contribution in [0.15, 0.2) is 30.7 Å². The van der Waals surface area contributed by atoms with Crippen LogP contribution in [0.1, 0.15) is 12.0 Å². The maximum Gasteiger partial charge on any atom is 0.223 e. The van der Waals surface area contributed by atoms with Crippen molar-refractivity contribution in [3.8, 4) is 0 Å². The second kappa shape index (κ2) is 4.42. The predicted octanol–water partition coefficient (Wildman–Crippen LogP) is 0.641. The Balaban J connectivity index is 1.77. The van der Waals surface area contributed by atoms with Gasteiger partial charge in [0.2, 0.25) is 5.91 Å². The van der Waals surface area contributed by atoms with Crippen LogP contribution in [0.5, 0.6) is 0 Å². The minimum Gasteiger partial charge on any atom is -0.338 e. The van der Waals surface area contributed by atoms with Gasteiger partial charge in [-0.3, -0.25) is 4.79 Å². The van der Waals surface area contributed by atoms with Gasteiger partial charge >= 0.3 is 0 Å². The molecule has 1 aliphatic rings. The fraction of sp³-hybridized carbons (Fsp3) is 0.385. The van der Waals surface area contributed by atoms with Crippen LogP contribution in [0.25, 0.3) is 5.65 Å². The summed E-state index contributed by atoms with van der Waals surface area (Å²) in [6.45, 7) is 2.02. The summed E-state index contributed by atoms with van der Waals surface area (Å²) in [4.78, 5) is 17.9. The second-order valence-electron chi connectivity index (χ2n) is 4.81. The van der Waals surface area contributed by atoms with Crippen LogP contribution in [-0.4, -0.2) is 33.3 Å². The van der Waals surface area contributed by atoms with Gasteiger partial charge < -0.3 is 15.0 Å². The topological polar surface area (TPSA) is 63.6 Å². The molecule has 1 saturated heterocycles. The zero-order valence-corrected chi connectivity index (χ0v) is 10.1. The highest BCUT2D eigenvalue weighted by atomic mass is 16.2. The average Bonchev–Trinajstić information content (AvgIpc) is 2.96. The second-order valence-corrected chi connectivity index (χ2v) is 4.81. The first kappa shape index (κ1) is 11.2. The van der Waals surface area contributed by atoms with Crippen molar-refractivity contribution in [1.29, 1.82) is 0 Å². The number of likely N-dealkylation sites (tertiary alicyclic amines) is 1. The zero-order valence-electron chi connectivity index (χ0n) is 10.1. The Kier molecular flexibility index (Phi) is 2.76. The van der Waals surface area contributed by atoms with E-state index in [1.807, 2.05) is 33.8 Å². The number of amides is 1. The number of hydrogen-bond acceptors (Lipinski definition) is 3. The Labute approximate surface area is 105 Å². The molecule has 0 spiro atoms. The van der Waals surface area contributed by atoms with Crippen LogP contribution in [0.4, 0.5) is 0 Å². The van der Waals surface area contributed by atoms with E-state index < -0.39 is 0 Å². The van der Waals surface area contributed by atoms with E-state index in [0.717, 1.165) is 17.8 Å². The molecule has 3 rings (SSSR count). The molecule has 18 heavy (non-hydrogen) atoms. The summed E-state index contributed by atoms with van der Waals surface area (Å²) < 4.78 is 1.97. The number of carbonyl (C=O) groups excluding carboxylic acids is 1. The summed E-state index contributed by atoms with van der Waals surface area (Å²) >= 11 is 0. The Morgan fingerprint density at radius 1 is 1.44 bits per heavy atom. The SMILES string of the molecule is NCC1CC(=O)N(Cc2ccc3nccn3c2)C1. The molecule has 3 heterocycles. The van der Waals surface area contributed by atoms with Crippen molar-refractivity contribution >= 4 is 11.6 Å². The van der Waals surface area contributed by atoms with Crippen LogP contribution in [-0.2, 0) is 11.3 Å². The minimum atomic E-state index is 0.205. The van der Waals surface area contributed by atoms with Crippen LogP contribution in [0.2, 0.25) is 0 Å². The molecule has 1 atom stereocenters. The molecule has 5 heteroatoms. The van der Waals surface area contributed by atoms with Crippen molar-refractivity contribution in [2.75, 3.05) is 13.1 Å². The monoisotopic (exact) mass is 244 g/mol.